The first kappa shape index (κ1) is 19.8. The summed E-state index contributed by atoms with van der Waals surface area (Å²) < 4.78 is 25.6. The first-order valence-electron chi connectivity index (χ1n) is 9.55. The standard InChI is InChI=1S/C22H28FNO3/c1-17-7-2-5-11-22(17)27-16-19(25)14-24(15-20-9-6-12-26-20)13-18-8-3-4-10-21(18)23/h2-5,7-8,10-11,19-20,25H,6,9,12-16H2,1H3. The minimum Gasteiger partial charge on any atom is -0.491 e. The van der Waals surface area contributed by atoms with Crippen molar-refractivity contribution in [2.75, 3.05) is 26.3 Å². The molecular formula is C22H28FNO3. The van der Waals surface area contributed by atoms with Gasteiger partial charge >= 0.3 is 0 Å². The van der Waals surface area contributed by atoms with Crippen molar-refractivity contribution in [3.05, 3.63) is 65.5 Å². The molecule has 1 heterocycles. The number of benzene rings is 2. The Morgan fingerprint density at radius 1 is 1.22 bits per heavy atom. The van der Waals surface area contributed by atoms with Gasteiger partial charge in [-0.3, -0.25) is 4.90 Å². The molecular weight excluding hydrogens is 345 g/mol. The number of nitrogens with zero attached hydrogens (tertiary/aromatic N) is 1. The van der Waals surface area contributed by atoms with Crippen LogP contribution in [0.1, 0.15) is 24.0 Å². The fraction of sp³-hybridized carbons (Fsp3) is 0.455. The third-order valence-electron chi connectivity index (χ3n) is 4.83. The van der Waals surface area contributed by atoms with Gasteiger partial charge in [0.05, 0.1) is 6.10 Å². The van der Waals surface area contributed by atoms with Crippen LogP contribution in [-0.4, -0.2) is 48.5 Å². The average Bonchev–Trinajstić information content (AvgIpc) is 3.16. The Bertz CT molecular complexity index is 718. The van der Waals surface area contributed by atoms with Crippen LogP contribution in [0.15, 0.2) is 48.5 Å². The molecule has 2 aromatic carbocycles. The van der Waals surface area contributed by atoms with Gasteiger partial charge in [-0.05, 0) is 37.5 Å². The molecule has 1 fully saturated rings. The predicted octanol–water partition coefficient (Wildman–Crippen LogP) is 3.56. The van der Waals surface area contributed by atoms with Crippen LogP contribution in [-0.2, 0) is 11.3 Å². The molecule has 0 aliphatic carbocycles. The van der Waals surface area contributed by atoms with Gasteiger partial charge in [-0.15, -0.1) is 0 Å². The number of hydrogen-bond donors (Lipinski definition) is 1. The second-order valence-corrected chi connectivity index (χ2v) is 7.15. The lowest BCUT2D eigenvalue weighted by Gasteiger charge is -2.27. The summed E-state index contributed by atoms with van der Waals surface area (Å²) in [5, 5.41) is 10.5. The molecule has 0 radical (unpaired) electrons. The largest absolute Gasteiger partial charge is 0.491 e. The zero-order chi connectivity index (χ0) is 19.1. The molecule has 0 bridgehead atoms. The summed E-state index contributed by atoms with van der Waals surface area (Å²) in [6, 6.07) is 14.5. The SMILES string of the molecule is Cc1ccccc1OCC(O)CN(Cc1ccccc1F)CC1CCCO1. The Hall–Kier alpha value is -1.95. The normalized spacial score (nSPS) is 18.0. The topological polar surface area (TPSA) is 41.9 Å². The number of hydrogen-bond acceptors (Lipinski definition) is 4. The Labute approximate surface area is 160 Å². The van der Waals surface area contributed by atoms with Crippen molar-refractivity contribution in [3.63, 3.8) is 0 Å². The van der Waals surface area contributed by atoms with Gasteiger partial charge in [0.2, 0.25) is 0 Å². The van der Waals surface area contributed by atoms with Crippen LogP contribution in [0.2, 0.25) is 0 Å². The lowest BCUT2D eigenvalue weighted by molar-refractivity contribution is 0.0309. The van der Waals surface area contributed by atoms with Crippen molar-refractivity contribution in [2.24, 2.45) is 0 Å². The van der Waals surface area contributed by atoms with Crippen molar-refractivity contribution in [3.8, 4) is 5.75 Å². The number of aliphatic hydroxyl groups is 1. The van der Waals surface area contributed by atoms with Crippen LogP contribution in [0.5, 0.6) is 5.75 Å². The molecule has 1 aliphatic heterocycles. The van der Waals surface area contributed by atoms with Gasteiger partial charge in [-0.2, -0.15) is 0 Å². The summed E-state index contributed by atoms with van der Waals surface area (Å²) in [5.41, 5.74) is 1.66. The monoisotopic (exact) mass is 373 g/mol. The van der Waals surface area contributed by atoms with Gasteiger partial charge in [-0.1, -0.05) is 36.4 Å². The number of halogens is 1. The van der Waals surface area contributed by atoms with Crippen LogP contribution >= 0.6 is 0 Å². The van der Waals surface area contributed by atoms with Crippen LogP contribution in [0, 0.1) is 12.7 Å². The number of rotatable bonds is 9. The Balaban J connectivity index is 1.59. The van der Waals surface area contributed by atoms with E-state index in [0.29, 0.717) is 25.2 Å². The summed E-state index contributed by atoms with van der Waals surface area (Å²) in [7, 11) is 0. The maximum Gasteiger partial charge on any atom is 0.127 e. The third kappa shape index (κ3) is 6.03. The molecule has 0 aromatic heterocycles. The van der Waals surface area contributed by atoms with Gasteiger partial charge in [0, 0.05) is 31.8 Å². The van der Waals surface area contributed by atoms with Crippen LogP contribution in [0.4, 0.5) is 4.39 Å². The summed E-state index contributed by atoms with van der Waals surface area (Å²) in [6.45, 7) is 4.47. The van der Waals surface area contributed by atoms with Crippen LogP contribution in [0.3, 0.4) is 0 Å². The summed E-state index contributed by atoms with van der Waals surface area (Å²) in [6.07, 6.45) is 1.53. The van der Waals surface area contributed by atoms with E-state index >= 15 is 0 Å². The van der Waals surface area contributed by atoms with E-state index in [4.69, 9.17) is 9.47 Å². The maximum absolute atomic E-state index is 14.1. The molecule has 3 rings (SSSR count). The van der Waals surface area contributed by atoms with Gasteiger partial charge in [0.1, 0.15) is 24.3 Å². The zero-order valence-corrected chi connectivity index (χ0v) is 15.8. The minimum atomic E-state index is -0.669. The fourth-order valence-electron chi connectivity index (χ4n) is 3.40. The molecule has 2 atom stereocenters. The highest BCUT2D eigenvalue weighted by molar-refractivity contribution is 5.31. The number of aliphatic hydroxyl groups excluding tert-OH is 1. The molecule has 0 saturated carbocycles. The molecule has 2 unspecified atom stereocenters. The van der Waals surface area contributed by atoms with Crippen LogP contribution in [0.25, 0.3) is 0 Å². The summed E-state index contributed by atoms with van der Waals surface area (Å²) in [5.74, 6) is 0.553. The smallest absolute Gasteiger partial charge is 0.127 e. The van der Waals surface area contributed by atoms with Crippen LogP contribution < -0.4 is 4.74 Å². The van der Waals surface area contributed by atoms with Crippen molar-refractivity contribution < 1.29 is 19.0 Å². The Morgan fingerprint density at radius 3 is 2.74 bits per heavy atom. The average molecular weight is 373 g/mol. The highest BCUT2D eigenvalue weighted by atomic mass is 19.1. The highest BCUT2D eigenvalue weighted by Gasteiger charge is 2.22. The maximum atomic E-state index is 14.1. The second kappa shape index (κ2) is 9.83. The van der Waals surface area contributed by atoms with E-state index in [-0.39, 0.29) is 18.5 Å². The van der Waals surface area contributed by atoms with Crippen molar-refractivity contribution >= 4 is 0 Å². The van der Waals surface area contributed by atoms with Gasteiger partial charge in [0.25, 0.3) is 0 Å². The van der Waals surface area contributed by atoms with Gasteiger partial charge < -0.3 is 14.6 Å². The van der Waals surface area contributed by atoms with Crippen molar-refractivity contribution in [2.45, 2.75) is 38.5 Å². The van der Waals surface area contributed by atoms with E-state index < -0.39 is 6.10 Å². The molecule has 0 spiro atoms. The van der Waals surface area contributed by atoms with Crippen molar-refractivity contribution in [1.82, 2.24) is 4.90 Å². The fourth-order valence-corrected chi connectivity index (χ4v) is 3.40. The molecule has 1 N–H and O–H groups in total. The molecule has 1 aliphatic rings. The van der Waals surface area contributed by atoms with Gasteiger partial charge in [0.15, 0.2) is 0 Å². The molecule has 4 nitrogen and oxygen atoms in total. The molecule has 146 valence electrons. The Kier molecular flexibility index (Phi) is 7.21. The van der Waals surface area contributed by atoms with Crippen molar-refractivity contribution in [1.29, 1.82) is 0 Å². The lowest BCUT2D eigenvalue weighted by atomic mass is 10.1. The molecule has 1 saturated heterocycles. The predicted molar refractivity (Wildman–Crippen MR) is 103 cm³/mol. The molecule has 5 heteroatoms. The first-order valence-corrected chi connectivity index (χ1v) is 9.55. The highest BCUT2D eigenvalue weighted by Crippen LogP contribution is 2.18. The summed E-state index contributed by atoms with van der Waals surface area (Å²) >= 11 is 0. The number of para-hydroxylation sites is 1. The van der Waals surface area contributed by atoms with E-state index in [1.54, 1.807) is 12.1 Å². The minimum absolute atomic E-state index is 0.140. The molecule has 0 amide bonds. The zero-order valence-electron chi connectivity index (χ0n) is 15.8. The third-order valence-corrected chi connectivity index (χ3v) is 4.83. The number of aryl methyl sites for hydroxylation is 1. The number of ether oxygens (including phenoxy) is 2. The van der Waals surface area contributed by atoms with E-state index in [9.17, 15) is 9.50 Å². The van der Waals surface area contributed by atoms with Gasteiger partial charge in [-0.25, -0.2) is 4.39 Å². The first-order chi connectivity index (χ1) is 13.1. The lowest BCUT2D eigenvalue weighted by Crippen LogP contribution is -2.39. The quantitative estimate of drug-likeness (QED) is 0.730. The van der Waals surface area contributed by atoms with E-state index in [2.05, 4.69) is 4.90 Å². The molecule has 27 heavy (non-hydrogen) atoms. The van der Waals surface area contributed by atoms with E-state index in [1.807, 2.05) is 37.3 Å². The Morgan fingerprint density at radius 2 is 2.00 bits per heavy atom. The van der Waals surface area contributed by atoms with E-state index in [1.165, 1.54) is 6.07 Å². The summed E-state index contributed by atoms with van der Waals surface area (Å²) in [4.78, 5) is 2.06. The second-order valence-electron chi connectivity index (χ2n) is 7.15. The molecule has 2 aromatic rings. The van der Waals surface area contributed by atoms with E-state index in [0.717, 1.165) is 30.8 Å².